The molecule has 1 saturated heterocycles. The van der Waals surface area contributed by atoms with E-state index in [1.165, 1.54) is 29.1 Å². The van der Waals surface area contributed by atoms with Crippen molar-refractivity contribution in [3.05, 3.63) is 52.3 Å². The van der Waals surface area contributed by atoms with E-state index in [0.717, 1.165) is 12.0 Å². The summed E-state index contributed by atoms with van der Waals surface area (Å²) in [7, 11) is -4.03. The van der Waals surface area contributed by atoms with E-state index in [9.17, 15) is 18.5 Å². The number of rotatable bonds is 8. The van der Waals surface area contributed by atoms with Crippen molar-refractivity contribution in [3.8, 4) is 0 Å². The van der Waals surface area contributed by atoms with Crippen LogP contribution in [-0.4, -0.2) is 48.5 Å². The molecule has 0 saturated carbocycles. The molecule has 164 valence electrons. The minimum atomic E-state index is -4.03. The molecule has 2 heterocycles. The number of nitro groups is 1. The lowest BCUT2D eigenvalue weighted by Gasteiger charge is -2.42. The van der Waals surface area contributed by atoms with Crippen LogP contribution in [0.2, 0.25) is 0 Å². The first-order valence-corrected chi connectivity index (χ1v) is 10.9. The van der Waals surface area contributed by atoms with Crippen LogP contribution >= 0.6 is 0 Å². The lowest BCUT2D eigenvalue weighted by Crippen LogP contribution is -2.51. The van der Waals surface area contributed by atoms with Gasteiger partial charge < -0.3 is 19.6 Å². The predicted octanol–water partition coefficient (Wildman–Crippen LogP) is 2.53. The average molecular weight is 439 g/mol. The maximum atomic E-state index is 12.7. The highest BCUT2D eigenvalue weighted by atomic mass is 32.2. The molecule has 10 nitrogen and oxygen atoms in total. The summed E-state index contributed by atoms with van der Waals surface area (Å²) in [6.45, 7) is 5.43. The first-order chi connectivity index (χ1) is 14.1. The number of nitrogens with zero attached hydrogens (tertiary/aromatic N) is 3. The van der Waals surface area contributed by atoms with E-state index in [-0.39, 0.29) is 37.2 Å². The summed E-state index contributed by atoms with van der Waals surface area (Å²) < 4.78 is 43.5. The molecule has 3 rings (SSSR count). The maximum Gasteiger partial charge on any atom is 0.434 e. The monoisotopic (exact) mass is 439 g/mol. The van der Waals surface area contributed by atoms with Crippen molar-refractivity contribution in [1.29, 1.82) is 0 Å². The normalized spacial score (nSPS) is 18.2. The van der Waals surface area contributed by atoms with E-state index in [1.807, 2.05) is 6.92 Å². The summed E-state index contributed by atoms with van der Waals surface area (Å²) in [6, 6.07) is 6.46. The molecule has 1 aromatic heterocycles. The topological polar surface area (TPSA) is 123 Å². The van der Waals surface area contributed by atoms with Crippen LogP contribution in [0.4, 0.5) is 5.95 Å². The molecule has 0 N–H and O–H groups in total. The van der Waals surface area contributed by atoms with Crippen LogP contribution in [0.15, 0.2) is 41.6 Å². The summed E-state index contributed by atoms with van der Waals surface area (Å²) >= 11 is 0. The molecule has 1 aromatic carbocycles. The lowest BCUT2D eigenvalue weighted by atomic mass is 9.89. The fraction of sp³-hybridized carbons (Fsp3) is 0.526. The summed E-state index contributed by atoms with van der Waals surface area (Å²) in [4.78, 5) is 14.4. The van der Waals surface area contributed by atoms with Gasteiger partial charge in [-0.05, 0) is 42.9 Å². The first-order valence-electron chi connectivity index (χ1n) is 9.48. The maximum absolute atomic E-state index is 12.7. The van der Waals surface area contributed by atoms with Gasteiger partial charge in [0.15, 0.2) is 5.79 Å². The van der Waals surface area contributed by atoms with E-state index in [0.29, 0.717) is 0 Å². The second kappa shape index (κ2) is 8.42. The highest BCUT2D eigenvalue weighted by Crippen LogP contribution is 2.33. The summed E-state index contributed by atoms with van der Waals surface area (Å²) in [5.74, 6) is -1.20. The minimum absolute atomic E-state index is 0.0430. The van der Waals surface area contributed by atoms with Crippen molar-refractivity contribution in [3.63, 3.8) is 0 Å². The molecule has 1 fully saturated rings. The highest BCUT2D eigenvalue weighted by Gasteiger charge is 2.44. The molecule has 0 radical (unpaired) electrons. The first kappa shape index (κ1) is 22.3. The zero-order chi connectivity index (χ0) is 22.0. The average Bonchev–Trinajstić information content (AvgIpc) is 3.17. The van der Waals surface area contributed by atoms with Gasteiger partial charge in [-0.1, -0.05) is 24.0 Å². The van der Waals surface area contributed by atoms with Crippen molar-refractivity contribution in [2.45, 2.75) is 44.4 Å². The number of ether oxygens (including phenoxy) is 2. The summed E-state index contributed by atoms with van der Waals surface area (Å²) in [5.41, 5.74) is 0.0476. The zero-order valence-corrected chi connectivity index (χ0v) is 17.9. The second-order valence-corrected chi connectivity index (χ2v) is 9.42. The van der Waals surface area contributed by atoms with Gasteiger partial charge in [0.2, 0.25) is 0 Å². The minimum Gasteiger partial charge on any atom is -0.390 e. The molecule has 11 heteroatoms. The zero-order valence-electron chi connectivity index (χ0n) is 17.1. The standard InChI is InChI=1S/C19H25N3O7S/c1-4-15-5-7-16(8-6-15)30(25,26)29-14-19(12-27-18(2,3)28-13-19)11-21-10-9-20-17(21)22(23)24/h5-10H,4,11-14H2,1-3H3. The Bertz CT molecular complexity index is 989. The molecule has 2 aromatic rings. The number of imidazole rings is 1. The van der Waals surface area contributed by atoms with E-state index in [2.05, 4.69) is 4.98 Å². The van der Waals surface area contributed by atoms with Crippen molar-refractivity contribution in [2.75, 3.05) is 19.8 Å². The Labute approximate surface area is 175 Å². The van der Waals surface area contributed by atoms with E-state index >= 15 is 0 Å². The molecule has 1 aliphatic heterocycles. The molecule has 0 bridgehead atoms. The van der Waals surface area contributed by atoms with Gasteiger partial charge in [-0.2, -0.15) is 8.42 Å². The van der Waals surface area contributed by atoms with Crippen LogP contribution in [0.3, 0.4) is 0 Å². The van der Waals surface area contributed by atoms with Crippen LogP contribution in [0.1, 0.15) is 26.3 Å². The van der Waals surface area contributed by atoms with Crippen molar-refractivity contribution >= 4 is 16.1 Å². The van der Waals surface area contributed by atoms with Crippen molar-refractivity contribution < 1.29 is 27.0 Å². The van der Waals surface area contributed by atoms with E-state index < -0.39 is 26.2 Å². The van der Waals surface area contributed by atoms with Gasteiger partial charge in [0.1, 0.15) is 12.4 Å². The third-order valence-electron chi connectivity index (χ3n) is 4.96. The van der Waals surface area contributed by atoms with Gasteiger partial charge in [-0.25, -0.2) is 4.57 Å². The van der Waals surface area contributed by atoms with Crippen LogP contribution in [0.25, 0.3) is 0 Å². The van der Waals surface area contributed by atoms with Gasteiger partial charge >= 0.3 is 5.95 Å². The van der Waals surface area contributed by atoms with Gasteiger partial charge in [0.25, 0.3) is 10.1 Å². The number of hydrogen-bond donors (Lipinski definition) is 0. The summed E-state index contributed by atoms with van der Waals surface area (Å²) in [5, 5.41) is 11.2. The van der Waals surface area contributed by atoms with E-state index in [4.69, 9.17) is 13.7 Å². The van der Waals surface area contributed by atoms with E-state index in [1.54, 1.807) is 26.0 Å². The van der Waals surface area contributed by atoms with Gasteiger partial charge in [0, 0.05) is 0 Å². The highest BCUT2D eigenvalue weighted by molar-refractivity contribution is 7.86. The number of aryl methyl sites for hydroxylation is 1. The molecular formula is C19H25N3O7S. The Balaban J connectivity index is 1.82. The molecule has 0 amide bonds. The molecule has 30 heavy (non-hydrogen) atoms. The third kappa shape index (κ3) is 5.04. The largest absolute Gasteiger partial charge is 0.434 e. The van der Waals surface area contributed by atoms with Crippen LogP contribution in [0, 0.1) is 15.5 Å². The number of benzene rings is 1. The Morgan fingerprint density at radius 3 is 2.43 bits per heavy atom. The Hall–Kier alpha value is -2.34. The smallest absolute Gasteiger partial charge is 0.390 e. The molecule has 1 aliphatic rings. The van der Waals surface area contributed by atoms with Crippen LogP contribution < -0.4 is 0 Å². The lowest BCUT2D eigenvalue weighted by molar-refractivity contribution is -0.397. The van der Waals surface area contributed by atoms with Crippen LogP contribution in [-0.2, 0) is 36.7 Å². The van der Waals surface area contributed by atoms with Crippen molar-refractivity contribution in [1.82, 2.24) is 9.55 Å². The third-order valence-corrected chi connectivity index (χ3v) is 6.23. The molecule has 0 aliphatic carbocycles. The van der Waals surface area contributed by atoms with Crippen molar-refractivity contribution in [2.24, 2.45) is 5.41 Å². The second-order valence-electron chi connectivity index (χ2n) is 7.80. The fourth-order valence-corrected chi connectivity index (χ4v) is 4.09. The number of hydrogen-bond acceptors (Lipinski definition) is 8. The van der Waals surface area contributed by atoms with Gasteiger partial charge in [0.05, 0.1) is 36.7 Å². The van der Waals surface area contributed by atoms with Crippen LogP contribution in [0.5, 0.6) is 0 Å². The predicted molar refractivity (Wildman–Crippen MR) is 106 cm³/mol. The molecule has 0 unspecified atom stereocenters. The Morgan fingerprint density at radius 1 is 1.23 bits per heavy atom. The molecular weight excluding hydrogens is 414 g/mol. The number of aromatic nitrogens is 2. The molecule has 0 atom stereocenters. The SMILES string of the molecule is CCc1ccc(S(=O)(=O)OCC2(Cn3ccnc3[N+](=O)[O-])COC(C)(C)OC2)cc1. The fourth-order valence-electron chi connectivity index (χ4n) is 3.08. The summed E-state index contributed by atoms with van der Waals surface area (Å²) in [6.07, 6.45) is 3.56. The Kier molecular flexibility index (Phi) is 6.27. The Morgan fingerprint density at radius 2 is 1.87 bits per heavy atom. The van der Waals surface area contributed by atoms with Gasteiger partial charge in [-0.15, -0.1) is 0 Å². The molecule has 0 spiro atoms. The quantitative estimate of drug-likeness (QED) is 0.349. The van der Waals surface area contributed by atoms with Gasteiger partial charge in [-0.3, -0.25) is 4.18 Å².